The molecule has 1 atom stereocenters. The standard InChI is InChI=1S/C15H18FNO2/c1-2-19-15(18)13-8-14(16)11-17(10-13)9-12-6-4-3-5-7-12/h3-8,13H,2,9-11H2,1H3/t13-/m0/s1. The van der Waals surface area contributed by atoms with Gasteiger partial charge in [-0.05, 0) is 18.6 Å². The molecule has 0 spiro atoms. The minimum absolute atomic E-state index is 0.255. The summed E-state index contributed by atoms with van der Waals surface area (Å²) in [6.07, 6.45) is 1.37. The van der Waals surface area contributed by atoms with Crippen molar-refractivity contribution in [1.29, 1.82) is 0 Å². The van der Waals surface area contributed by atoms with E-state index in [1.807, 2.05) is 35.2 Å². The molecular formula is C15H18FNO2. The second-order valence-electron chi connectivity index (χ2n) is 4.63. The van der Waals surface area contributed by atoms with Gasteiger partial charge in [-0.1, -0.05) is 30.3 Å². The second-order valence-corrected chi connectivity index (χ2v) is 4.63. The Bertz CT molecular complexity index is 458. The lowest BCUT2D eigenvalue weighted by Gasteiger charge is -2.28. The summed E-state index contributed by atoms with van der Waals surface area (Å²) in [6, 6.07) is 9.84. The number of esters is 1. The fraction of sp³-hybridized carbons (Fsp3) is 0.400. The summed E-state index contributed by atoms with van der Waals surface area (Å²) in [4.78, 5) is 13.6. The number of ether oxygens (including phenoxy) is 1. The zero-order valence-corrected chi connectivity index (χ0v) is 11.0. The summed E-state index contributed by atoms with van der Waals surface area (Å²) >= 11 is 0. The highest BCUT2D eigenvalue weighted by Crippen LogP contribution is 2.19. The maximum atomic E-state index is 13.6. The second kappa shape index (κ2) is 6.48. The van der Waals surface area contributed by atoms with Gasteiger partial charge in [-0.25, -0.2) is 4.39 Å². The first-order valence-electron chi connectivity index (χ1n) is 6.48. The lowest BCUT2D eigenvalue weighted by Crippen LogP contribution is -2.37. The van der Waals surface area contributed by atoms with Crippen molar-refractivity contribution in [1.82, 2.24) is 4.90 Å². The third-order valence-corrected chi connectivity index (χ3v) is 3.05. The predicted molar refractivity (Wildman–Crippen MR) is 71.0 cm³/mol. The van der Waals surface area contributed by atoms with Gasteiger partial charge in [-0.3, -0.25) is 9.69 Å². The first-order valence-corrected chi connectivity index (χ1v) is 6.48. The van der Waals surface area contributed by atoms with Crippen molar-refractivity contribution in [2.75, 3.05) is 19.7 Å². The largest absolute Gasteiger partial charge is 0.465 e. The van der Waals surface area contributed by atoms with Crippen LogP contribution in [0, 0.1) is 5.92 Å². The minimum Gasteiger partial charge on any atom is -0.465 e. The van der Waals surface area contributed by atoms with Crippen LogP contribution in [0.15, 0.2) is 42.2 Å². The predicted octanol–water partition coefficient (Wildman–Crippen LogP) is 2.53. The van der Waals surface area contributed by atoms with Gasteiger partial charge in [-0.15, -0.1) is 0 Å². The van der Waals surface area contributed by atoms with Gasteiger partial charge in [0, 0.05) is 13.1 Å². The molecule has 0 aromatic heterocycles. The molecule has 1 aromatic rings. The summed E-state index contributed by atoms with van der Waals surface area (Å²) in [7, 11) is 0. The maximum Gasteiger partial charge on any atom is 0.314 e. The summed E-state index contributed by atoms with van der Waals surface area (Å²) < 4.78 is 18.6. The monoisotopic (exact) mass is 263 g/mol. The Morgan fingerprint density at radius 1 is 1.42 bits per heavy atom. The summed E-state index contributed by atoms with van der Waals surface area (Å²) in [5.41, 5.74) is 1.11. The van der Waals surface area contributed by atoms with Gasteiger partial charge in [0.25, 0.3) is 0 Å². The van der Waals surface area contributed by atoms with Crippen LogP contribution in [0.2, 0.25) is 0 Å². The van der Waals surface area contributed by atoms with Crippen molar-refractivity contribution in [2.24, 2.45) is 5.92 Å². The molecular weight excluding hydrogens is 245 g/mol. The van der Waals surface area contributed by atoms with Crippen LogP contribution < -0.4 is 0 Å². The van der Waals surface area contributed by atoms with Gasteiger partial charge in [-0.2, -0.15) is 0 Å². The van der Waals surface area contributed by atoms with Gasteiger partial charge >= 0.3 is 5.97 Å². The molecule has 0 saturated heterocycles. The molecule has 0 bridgehead atoms. The van der Waals surface area contributed by atoms with E-state index in [0.717, 1.165) is 5.56 Å². The highest BCUT2D eigenvalue weighted by Gasteiger charge is 2.26. The lowest BCUT2D eigenvalue weighted by atomic mass is 10.0. The molecule has 4 heteroatoms. The van der Waals surface area contributed by atoms with E-state index in [-0.39, 0.29) is 18.3 Å². The van der Waals surface area contributed by atoms with E-state index < -0.39 is 5.92 Å². The SMILES string of the molecule is CCOC(=O)[C@H]1C=C(F)CN(Cc2ccccc2)C1. The Morgan fingerprint density at radius 2 is 2.16 bits per heavy atom. The third kappa shape index (κ3) is 3.89. The van der Waals surface area contributed by atoms with E-state index in [4.69, 9.17) is 4.74 Å². The molecule has 0 N–H and O–H groups in total. The Labute approximate surface area is 112 Å². The van der Waals surface area contributed by atoms with Crippen LogP contribution in [0.25, 0.3) is 0 Å². The first-order chi connectivity index (χ1) is 9.19. The molecule has 0 saturated carbocycles. The van der Waals surface area contributed by atoms with Gasteiger partial charge in [0.1, 0.15) is 5.83 Å². The molecule has 0 radical (unpaired) electrons. The molecule has 2 rings (SSSR count). The molecule has 19 heavy (non-hydrogen) atoms. The van der Waals surface area contributed by atoms with Gasteiger partial charge < -0.3 is 4.74 Å². The fourth-order valence-electron chi connectivity index (χ4n) is 2.23. The van der Waals surface area contributed by atoms with Crippen LogP contribution in [0.1, 0.15) is 12.5 Å². The zero-order valence-electron chi connectivity index (χ0n) is 11.0. The average molecular weight is 263 g/mol. The highest BCUT2D eigenvalue weighted by atomic mass is 19.1. The summed E-state index contributed by atoms with van der Waals surface area (Å²) in [5, 5.41) is 0. The Morgan fingerprint density at radius 3 is 2.84 bits per heavy atom. The third-order valence-electron chi connectivity index (χ3n) is 3.05. The molecule has 0 unspecified atom stereocenters. The number of nitrogens with zero attached hydrogens (tertiary/aromatic N) is 1. The van der Waals surface area contributed by atoms with Crippen LogP contribution in [0.4, 0.5) is 4.39 Å². The number of benzene rings is 1. The fourth-order valence-corrected chi connectivity index (χ4v) is 2.23. The molecule has 1 aliphatic heterocycles. The van der Waals surface area contributed by atoms with Crippen molar-refractivity contribution in [3.8, 4) is 0 Å². The molecule has 0 aliphatic carbocycles. The summed E-state index contributed by atoms with van der Waals surface area (Å²) in [5.74, 6) is -1.12. The van der Waals surface area contributed by atoms with Crippen molar-refractivity contribution in [3.05, 3.63) is 47.8 Å². The highest BCUT2D eigenvalue weighted by molar-refractivity contribution is 5.75. The topological polar surface area (TPSA) is 29.5 Å². The number of hydrogen-bond donors (Lipinski definition) is 0. The molecule has 102 valence electrons. The molecule has 1 heterocycles. The smallest absolute Gasteiger partial charge is 0.314 e. The van der Waals surface area contributed by atoms with E-state index in [0.29, 0.717) is 19.7 Å². The minimum atomic E-state index is -0.502. The number of rotatable bonds is 4. The normalized spacial score (nSPS) is 19.9. The summed E-state index contributed by atoms with van der Waals surface area (Å²) in [6.45, 7) is 3.47. The van der Waals surface area contributed by atoms with Crippen LogP contribution in [0.5, 0.6) is 0 Å². The number of halogens is 1. The van der Waals surface area contributed by atoms with Crippen molar-refractivity contribution < 1.29 is 13.9 Å². The van der Waals surface area contributed by atoms with E-state index in [2.05, 4.69) is 0 Å². The van der Waals surface area contributed by atoms with E-state index >= 15 is 0 Å². The van der Waals surface area contributed by atoms with Gasteiger partial charge in [0.2, 0.25) is 0 Å². The molecule has 3 nitrogen and oxygen atoms in total. The van der Waals surface area contributed by atoms with E-state index in [1.54, 1.807) is 6.92 Å². The maximum absolute atomic E-state index is 13.6. The average Bonchev–Trinajstić information content (AvgIpc) is 2.39. The Hall–Kier alpha value is -1.68. The number of hydrogen-bond acceptors (Lipinski definition) is 3. The van der Waals surface area contributed by atoms with Gasteiger partial charge in [0.05, 0.1) is 19.1 Å². The zero-order chi connectivity index (χ0) is 13.7. The van der Waals surface area contributed by atoms with Crippen molar-refractivity contribution in [3.63, 3.8) is 0 Å². The quantitative estimate of drug-likeness (QED) is 0.782. The van der Waals surface area contributed by atoms with E-state index in [9.17, 15) is 9.18 Å². The van der Waals surface area contributed by atoms with Crippen molar-refractivity contribution in [2.45, 2.75) is 13.5 Å². The molecule has 1 aliphatic rings. The molecule has 1 aromatic carbocycles. The van der Waals surface area contributed by atoms with Crippen molar-refractivity contribution >= 4 is 5.97 Å². The van der Waals surface area contributed by atoms with E-state index in [1.165, 1.54) is 6.08 Å². The Balaban J connectivity index is 2.01. The van der Waals surface area contributed by atoms with Gasteiger partial charge in [0.15, 0.2) is 0 Å². The number of carbonyl (C=O) groups is 1. The van der Waals surface area contributed by atoms with Crippen LogP contribution in [-0.4, -0.2) is 30.6 Å². The first kappa shape index (κ1) is 13.7. The lowest BCUT2D eigenvalue weighted by molar-refractivity contribution is -0.147. The Kier molecular flexibility index (Phi) is 4.68. The van der Waals surface area contributed by atoms with Crippen LogP contribution in [-0.2, 0) is 16.1 Å². The van der Waals surface area contributed by atoms with Crippen LogP contribution >= 0.6 is 0 Å². The number of carbonyl (C=O) groups excluding carboxylic acids is 1. The van der Waals surface area contributed by atoms with Crippen LogP contribution in [0.3, 0.4) is 0 Å². The molecule has 0 fully saturated rings. The molecule has 0 amide bonds.